The van der Waals surface area contributed by atoms with Crippen molar-refractivity contribution in [3.05, 3.63) is 63.2 Å². The van der Waals surface area contributed by atoms with Gasteiger partial charge in [-0.05, 0) is 36.4 Å². The second-order valence-electron chi connectivity index (χ2n) is 7.21. The molecule has 0 amide bonds. The summed E-state index contributed by atoms with van der Waals surface area (Å²) in [6, 6.07) is 6.32. The molecule has 176 valence electrons. The van der Waals surface area contributed by atoms with Crippen molar-refractivity contribution < 1.29 is 26.0 Å². The van der Waals surface area contributed by atoms with Crippen molar-refractivity contribution in [2.75, 3.05) is 31.1 Å². The average Bonchev–Trinajstić information content (AvgIpc) is 3.23. The summed E-state index contributed by atoms with van der Waals surface area (Å²) < 4.78 is 79.8. The van der Waals surface area contributed by atoms with Crippen LogP contribution in [-0.2, 0) is 16.2 Å². The molecule has 0 radical (unpaired) electrons. The molecule has 0 saturated carbocycles. The van der Waals surface area contributed by atoms with E-state index in [-0.39, 0.29) is 36.2 Å². The third kappa shape index (κ3) is 5.12. The lowest BCUT2D eigenvalue weighted by Crippen LogP contribution is -2.48. The fourth-order valence-corrected chi connectivity index (χ4v) is 6.41. The van der Waals surface area contributed by atoms with E-state index < -0.39 is 32.5 Å². The second-order valence-corrected chi connectivity index (χ2v) is 10.8. The minimum atomic E-state index is -4.69. The topological polar surface area (TPSA) is 53.5 Å². The maximum atomic E-state index is 13.6. The number of halogens is 6. The predicted octanol–water partition coefficient (Wildman–Crippen LogP) is 5.79. The van der Waals surface area contributed by atoms with E-state index in [0.717, 1.165) is 16.4 Å². The van der Waals surface area contributed by atoms with Crippen LogP contribution >= 0.6 is 34.5 Å². The second kappa shape index (κ2) is 9.03. The van der Waals surface area contributed by atoms with Gasteiger partial charge in [-0.3, -0.25) is 0 Å². The number of piperazine rings is 1. The molecule has 2 aromatic carbocycles. The standard InChI is InChI=1S/C20H15Cl2F4N3O2S2/c21-14-7-12(8-15(23)10-14)17-11-32-19(27-17)28-3-5-29(6-4-28)33(30,31)18-9-13(20(24,25)26)1-2-16(18)22/h1-2,7-11H,3-6H2. The van der Waals surface area contributed by atoms with Crippen LogP contribution in [0.3, 0.4) is 0 Å². The molecule has 0 N–H and O–H groups in total. The molecule has 2 heterocycles. The molecular weight excluding hydrogens is 525 g/mol. The van der Waals surface area contributed by atoms with E-state index in [1.54, 1.807) is 11.4 Å². The highest BCUT2D eigenvalue weighted by molar-refractivity contribution is 7.89. The van der Waals surface area contributed by atoms with Gasteiger partial charge in [-0.1, -0.05) is 23.2 Å². The Labute approximate surface area is 201 Å². The van der Waals surface area contributed by atoms with Crippen molar-refractivity contribution in [1.82, 2.24) is 9.29 Å². The summed E-state index contributed by atoms with van der Waals surface area (Å²) in [7, 11) is -4.23. The molecule has 5 nitrogen and oxygen atoms in total. The van der Waals surface area contributed by atoms with E-state index in [9.17, 15) is 26.0 Å². The summed E-state index contributed by atoms with van der Waals surface area (Å²) in [5, 5.41) is 2.32. The number of sulfonamides is 1. The zero-order valence-corrected chi connectivity index (χ0v) is 19.8. The quantitative estimate of drug-likeness (QED) is 0.394. The predicted molar refractivity (Wildman–Crippen MR) is 120 cm³/mol. The van der Waals surface area contributed by atoms with Gasteiger partial charge in [0.25, 0.3) is 0 Å². The average molecular weight is 540 g/mol. The molecule has 3 aromatic rings. The highest BCUT2D eigenvalue weighted by atomic mass is 35.5. The molecule has 1 saturated heterocycles. The van der Waals surface area contributed by atoms with Crippen LogP contribution in [0.1, 0.15) is 5.56 Å². The van der Waals surface area contributed by atoms with Crippen molar-refractivity contribution in [1.29, 1.82) is 0 Å². The Balaban J connectivity index is 1.50. The fourth-order valence-electron chi connectivity index (χ4n) is 3.38. The summed E-state index contributed by atoms with van der Waals surface area (Å²) in [5.41, 5.74) is -0.0398. The highest BCUT2D eigenvalue weighted by Crippen LogP contribution is 2.35. The van der Waals surface area contributed by atoms with Crippen LogP contribution in [0, 0.1) is 5.82 Å². The molecule has 13 heteroatoms. The van der Waals surface area contributed by atoms with Gasteiger partial charge < -0.3 is 4.90 Å². The number of anilines is 1. The Kier molecular flexibility index (Phi) is 6.62. The van der Waals surface area contributed by atoms with Gasteiger partial charge in [-0.15, -0.1) is 11.3 Å². The zero-order valence-electron chi connectivity index (χ0n) is 16.6. The number of aromatic nitrogens is 1. The molecule has 1 fully saturated rings. The van der Waals surface area contributed by atoms with Crippen LogP contribution in [0.2, 0.25) is 10.0 Å². The third-order valence-electron chi connectivity index (χ3n) is 5.04. The number of alkyl halides is 3. The van der Waals surface area contributed by atoms with E-state index in [0.29, 0.717) is 22.5 Å². The summed E-state index contributed by atoms with van der Waals surface area (Å²) in [6.07, 6.45) is -4.69. The lowest BCUT2D eigenvalue weighted by atomic mass is 10.2. The van der Waals surface area contributed by atoms with Crippen LogP contribution in [-0.4, -0.2) is 43.9 Å². The van der Waals surface area contributed by atoms with Gasteiger partial charge in [0.2, 0.25) is 10.0 Å². The zero-order chi connectivity index (χ0) is 24.0. The van der Waals surface area contributed by atoms with Gasteiger partial charge in [0.1, 0.15) is 10.7 Å². The molecule has 4 rings (SSSR count). The van der Waals surface area contributed by atoms with Crippen LogP contribution in [0.15, 0.2) is 46.7 Å². The normalized spacial score (nSPS) is 15.8. The summed E-state index contributed by atoms with van der Waals surface area (Å²) in [6.45, 7) is 0.616. The largest absolute Gasteiger partial charge is 0.416 e. The third-order valence-corrected chi connectivity index (χ3v) is 8.54. The van der Waals surface area contributed by atoms with E-state index in [2.05, 4.69) is 4.98 Å². The molecule has 0 aliphatic carbocycles. The first-order valence-electron chi connectivity index (χ1n) is 9.49. The maximum Gasteiger partial charge on any atom is 0.416 e. The first-order valence-corrected chi connectivity index (χ1v) is 12.6. The van der Waals surface area contributed by atoms with Gasteiger partial charge in [0, 0.05) is 42.1 Å². The Bertz CT molecular complexity index is 1270. The lowest BCUT2D eigenvalue weighted by molar-refractivity contribution is -0.137. The van der Waals surface area contributed by atoms with Crippen LogP contribution in [0.4, 0.5) is 22.7 Å². The number of thiazole rings is 1. The van der Waals surface area contributed by atoms with Crippen molar-refractivity contribution in [3.8, 4) is 11.3 Å². The first kappa shape index (κ1) is 24.2. The lowest BCUT2D eigenvalue weighted by Gasteiger charge is -2.34. The smallest absolute Gasteiger partial charge is 0.345 e. The van der Waals surface area contributed by atoms with Gasteiger partial charge >= 0.3 is 6.18 Å². The van der Waals surface area contributed by atoms with Crippen LogP contribution < -0.4 is 4.90 Å². The molecule has 33 heavy (non-hydrogen) atoms. The molecular formula is C20H15Cl2F4N3O2S2. The van der Waals surface area contributed by atoms with Gasteiger partial charge in [0.15, 0.2) is 5.13 Å². The molecule has 1 aliphatic heterocycles. The number of benzene rings is 2. The number of rotatable bonds is 4. The van der Waals surface area contributed by atoms with Gasteiger partial charge in [-0.2, -0.15) is 17.5 Å². The van der Waals surface area contributed by atoms with Crippen LogP contribution in [0.25, 0.3) is 11.3 Å². The SMILES string of the molecule is O=S(=O)(c1cc(C(F)(F)F)ccc1Cl)N1CCN(c2nc(-c3cc(F)cc(Cl)c3)cs2)CC1. The van der Waals surface area contributed by atoms with E-state index in [1.165, 1.54) is 23.5 Å². The number of hydrogen-bond donors (Lipinski definition) is 0. The summed E-state index contributed by atoms with van der Waals surface area (Å²) in [4.78, 5) is 5.77. The monoisotopic (exact) mass is 539 g/mol. The molecule has 0 spiro atoms. The molecule has 1 aliphatic rings. The van der Waals surface area contributed by atoms with Crippen molar-refractivity contribution in [2.24, 2.45) is 0 Å². The van der Waals surface area contributed by atoms with Crippen LogP contribution in [0.5, 0.6) is 0 Å². The Morgan fingerprint density at radius 3 is 2.33 bits per heavy atom. The number of hydrogen-bond acceptors (Lipinski definition) is 5. The highest BCUT2D eigenvalue weighted by Gasteiger charge is 2.35. The maximum absolute atomic E-state index is 13.6. The van der Waals surface area contributed by atoms with Crippen molar-refractivity contribution in [3.63, 3.8) is 0 Å². The molecule has 0 atom stereocenters. The van der Waals surface area contributed by atoms with E-state index >= 15 is 0 Å². The number of nitrogens with zero attached hydrogens (tertiary/aromatic N) is 3. The minimum absolute atomic E-state index is 0.0373. The fraction of sp³-hybridized carbons (Fsp3) is 0.250. The Morgan fingerprint density at radius 1 is 1.00 bits per heavy atom. The molecule has 1 aromatic heterocycles. The van der Waals surface area contributed by atoms with Gasteiger partial charge in [-0.25, -0.2) is 17.8 Å². The van der Waals surface area contributed by atoms with Gasteiger partial charge in [0.05, 0.1) is 16.3 Å². The van der Waals surface area contributed by atoms with E-state index in [4.69, 9.17) is 23.2 Å². The van der Waals surface area contributed by atoms with E-state index in [1.807, 2.05) is 4.90 Å². The Morgan fingerprint density at radius 2 is 1.70 bits per heavy atom. The van der Waals surface area contributed by atoms with Crippen molar-refractivity contribution in [2.45, 2.75) is 11.1 Å². The summed E-state index contributed by atoms with van der Waals surface area (Å²) >= 11 is 13.1. The molecule has 0 unspecified atom stereocenters. The molecule has 0 bridgehead atoms. The first-order chi connectivity index (χ1) is 15.4. The summed E-state index contributed by atoms with van der Waals surface area (Å²) in [5.74, 6) is -0.487. The Hall–Kier alpha value is -1.92. The van der Waals surface area contributed by atoms with Crippen molar-refractivity contribution >= 4 is 49.7 Å². The minimum Gasteiger partial charge on any atom is -0.345 e.